The van der Waals surface area contributed by atoms with Gasteiger partial charge in [-0.2, -0.15) is 0 Å². The fourth-order valence-electron chi connectivity index (χ4n) is 3.47. The van der Waals surface area contributed by atoms with Gasteiger partial charge in [0.05, 0.1) is 31.8 Å². The molecule has 0 saturated carbocycles. The molecular formula is C22H16N6O10. The number of carbonyl (C=O) groups is 2. The van der Waals surface area contributed by atoms with Crippen LogP contribution in [-0.2, 0) is 0 Å². The van der Waals surface area contributed by atoms with Gasteiger partial charge >= 0.3 is 0 Å². The zero-order valence-corrected chi connectivity index (χ0v) is 19.5. The average Bonchev–Trinajstić information content (AvgIpc) is 2.85. The molecule has 0 fully saturated rings. The Morgan fingerprint density at radius 1 is 0.579 bits per heavy atom. The number of hydrogen-bond donors (Lipinski definition) is 2. The zero-order valence-electron chi connectivity index (χ0n) is 19.5. The Morgan fingerprint density at radius 3 is 1.16 bits per heavy atom. The van der Waals surface area contributed by atoms with E-state index in [-0.39, 0.29) is 33.6 Å². The highest BCUT2D eigenvalue weighted by Gasteiger charge is 2.26. The number of non-ortho nitro benzene ring substituents is 2. The van der Waals surface area contributed by atoms with Crippen molar-refractivity contribution in [3.63, 3.8) is 0 Å². The standard InChI is InChI=1S/C22H16N6O10/c1-11-7-15(25(31)32)9-17(27(35)36)19(11)23-21(29)13-3-5-14(6-4-13)22(30)24-20-12(2)8-16(26(33)34)10-18(20)28(37)38/h3-10H,1-2H3,(H,23,29)(H,24,30). The predicted octanol–water partition coefficient (Wildman–Crippen LogP) is 4.44. The summed E-state index contributed by atoms with van der Waals surface area (Å²) in [6.07, 6.45) is 0. The van der Waals surface area contributed by atoms with Crippen molar-refractivity contribution >= 4 is 45.9 Å². The van der Waals surface area contributed by atoms with Crippen LogP contribution >= 0.6 is 0 Å². The normalized spacial score (nSPS) is 10.4. The van der Waals surface area contributed by atoms with E-state index >= 15 is 0 Å². The Kier molecular flexibility index (Phi) is 7.36. The fourth-order valence-corrected chi connectivity index (χ4v) is 3.47. The van der Waals surface area contributed by atoms with Gasteiger partial charge in [-0.05, 0) is 49.2 Å². The molecule has 0 atom stereocenters. The summed E-state index contributed by atoms with van der Waals surface area (Å²) in [5.41, 5.74) is -2.77. The molecule has 3 rings (SSSR count). The molecule has 16 heteroatoms. The van der Waals surface area contributed by atoms with Gasteiger partial charge in [0.25, 0.3) is 34.6 Å². The molecule has 2 N–H and O–H groups in total. The monoisotopic (exact) mass is 524 g/mol. The average molecular weight is 524 g/mol. The molecule has 0 aliphatic rings. The first-order valence-corrected chi connectivity index (χ1v) is 10.4. The number of nitrogens with zero attached hydrogens (tertiary/aromatic N) is 4. The summed E-state index contributed by atoms with van der Waals surface area (Å²) < 4.78 is 0. The second kappa shape index (κ2) is 10.4. The predicted molar refractivity (Wildman–Crippen MR) is 131 cm³/mol. The van der Waals surface area contributed by atoms with Crippen LogP contribution in [0.4, 0.5) is 34.1 Å². The third-order valence-electron chi connectivity index (χ3n) is 5.30. The van der Waals surface area contributed by atoms with Crippen LogP contribution in [0.1, 0.15) is 31.8 Å². The van der Waals surface area contributed by atoms with Crippen LogP contribution in [0.5, 0.6) is 0 Å². The van der Waals surface area contributed by atoms with Gasteiger partial charge in [0.2, 0.25) is 0 Å². The summed E-state index contributed by atoms with van der Waals surface area (Å²) in [6.45, 7) is 2.70. The molecule has 2 amide bonds. The molecular weight excluding hydrogens is 508 g/mol. The molecule has 3 aromatic rings. The number of hydrogen-bond acceptors (Lipinski definition) is 10. The maximum absolute atomic E-state index is 12.7. The number of amides is 2. The summed E-state index contributed by atoms with van der Waals surface area (Å²) >= 11 is 0. The van der Waals surface area contributed by atoms with Gasteiger partial charge in [-0.3, -0.25) is 50.0 Å². The SMILES string of the molecule is Cc1cc([N+](=O)[O-])cc([N+](=O)[O-])c1NC(=O)c1ccc(C(=O)Nc2c(C)cc([N+](=O)[O-])cc2[N+](=O)[O-])cc1. The summed E-state index contributed by atoms with van der Waals surface area (Å²) in [5, 5.41) is 49.5. The molecule has 0 radical (unpaired) electrons. The van der Waals surface area contributed by atoms with E-state index in [0.29, 0.717) is 0 Å². The minimum absolute atomic E-state index is 0.0221. The number of nitrogens with one attached hydrogen (secondary N) is 2. The van der Waals surface area contributed by atoms with Crippen LogP contribution in [0.2, 0.25) is 0 Å². The Morgan fingerprint density at radius 2 is 0.895 bits per heavy atom. The molecule has 0 heterocycles. The Balaban J connectivity index is 1.84. The van der Waals surface area contributed by atoms with E-state index in [1.165, 1.54) is 38.1 Å². The van der Waals surface area contributed by atoms with Crippen LogP contribution in [0.3, 0.4) is 0 Å². The molecule has 0 aliphatic carbocycles. The fraction of sp³-hybridized carbons (Fsp3) is 0.0909. The van der Waals surface area contributed by atoms with Gasteiger partial charge in [-0.15, -0.1) is 0 Å². The Labute approximate surface area is 211 Å². The molecule has 0 saturated heterocycles. The Hall–Kier alpha value is -5.80. The van der Waals surface area contributed by atoms with Gasteiger partial charge in [0.1, 0.15) is 11.4 Å². The third kappa shape index (κ3) is 5.54. The molecule has 0 spiro atoms. The first kappa shape index (κ1) is 26.8. The largest absolute Gasteiger partial charge is 0.316 e. The second-order valence-corrected chi connectivity index (χ2v) is 7.83. The molecule has 0 aliphatic heterocycles. The molecule has 0 aromatic heterocycles. The molecule has 0 unspecified atom stereocenters. The highest BCUT2D eigenvalue weighted by atomic mass is 16.6. The van der Waals surface area contributed by atoms with Crippen molar-refractivity contribution in [2.45, 2.75) is 13.8 Å². The molecule has 3 aromatic carbocycles. The number of benzene rings is 3. The van der Waals surface area contributed by atoms with Crippen LogP contribution < -0.4 is 10.6 Å². The maximum atomic E-state index is 12.7. The van der Waals surface area contributed by atoms with E-state index in [4.69, 9.17) is 0 Å². The third-order valence-corrected chi connectivity index (χ3v) is 5.30. The smallest absolute Gasteiger partial charge is 0.299 e. The van der Waals surface area contributed by atoms with Crippen LogP contribution in [0.15, 0.2) is 48.5 Å². The molecule has 194 valence electrons. The quantitative estimate of drug-likeness (QED) is 0.310. The van der Waals surface area contributed by atoms with E-state index in [1.807, 2.05) is 0 Å². The lowest BCUT2D eigenvalue weighted by atomic mass is 10.1. The van der Waals surface area contributed by atoms with Crippen LogP contribution in [0, 0.1) is 54.3 Å². The van der Waals surface area contributed by atoms with Crippen molar-refractivity contribution in [2.24, 2.45) is 0 Å². The molecule has 38 heavy (non-hydrogen) atoms. The van der Waals surface area contributed by atoms with Crippen molar-refractivity contribution in [1.29, 1.82) is 0 Å². The molecule has 16 nitrogen and oxygen atoms in total. The highest BCUT2D eigenvalue weighted by molar-refractivity contribution is 6.08. The van der Waals surface area contributed by atoms with Crippen molar-refractivity contribution in [1.82, 2.24) is 0 Å². The van der Waals surface area contributed by atoms with E-state index in [9.17, 15) is 50.0 Å². The van der Waals surface area contributed by atoms with Crippen molar-refractivity contribution in [3.8, 4) is 0 Å². The molecule has 0 bridgehead atoms. The second-order valence-electron chi connectivity index (χ2n) is 7.83. The minimum Gasteiger partial charge on any atom is -0.316 e. The Bertz CT molecular complexity index is 1420. The van der Waals surface area contributed by atoms with E-state index in [1.54, 1.807) is 0 Å². The number of rotatable bonds is 8. The number of nitro groups is 4. The topological polar surface area (TPSA) is 231 Å². The summed E-state index contributed by atoms with van der Waals surface area (Å²) in [6, 6.07) is 8.43. The van der Waals surface area contributed by atoms with Crippen molar-refractivity contribution in [3.05, 3.63) is 111 Å². The van der Waals surface area contributed by atoms with Gasteiger partial charge in [-0.1, -0.05) is 0 Å². The van der Waals surface area contributed by atoms with Gasteiger partial charge in [-0.25, -0.2) is 0 Å². The zero-order chi connectivity index (χ0) is 28.3. The summed E-state index contributed by atoms with van der Waals surface area (Å²) in [4.78, 5) is 66.8. The van der Waals surface area contributed by atoms with E-state index < -0.39 is 54.3 Å². The van der Waals surface area contributed by atoms with E-state index in [2.05, 4.69) is 10.6 Å². The first-order chi connectivity index (χ1) is 17.8. The first-order valence-electron chi connectivity index (χ1n) is 10.4. The lowest BCUT2D eigenvalue weighted by Crippen LogP contribution is -2.16. The summed E-state index contributed by atoms with van der Waals surface area (Å²) in [5.74, 6) is -1.61. The van der Waals surface area contributed by atoms with Gasteiger partial charge < -0.3 is 10.6 Å². The lowest BCUT2D eigenvalue weighted by Gasteiger charge is -2.11. The summed E-state index contributed by atoms with van der Waals surface area (Å²) in [7, 11) is 0. The number of anilines is 2. The van der Waals surface area contributed by atoms with Crippen LogP contribution in [-0.4, -0.2) is 31.5 Å². The number of nitro benzene ring substituents is 4. The minimum atomic E-state index is -0.873. The maximum Gasteiger partial charge on any atom is 0.299 e. The van der Waals surface area contributed by atoms with Crippen molar-refractivity contribution < 1.29 is 29.3 Å². The van der Waals surface area contributed by atoms with E-state index in [0.717, 1.165) is 24.3 Å². The van der Waals surface area contributed by atoms with Gasteiger partial charge in [0, 0.05) is 23.3 Å². The number of carbonyl (C=O) groups excluding carboxylic acids is 2. The number of aryl methyl sites for hydroxylation is 2. The highest BCUT2D eigenvalue weighted by Crippen LogP contribution is 2.34. The van der Waals surface area contributed by atoms with Gasteiger partial charge in [0.15, 0.2) is 0 Å². The van der Waals surface area contributed by atoms with Crippen LogP contribution in [0.25, 0.3) is 0 Å². The lowest BCUT2D eigenvalue weighted by molar-refractivity contribution is -0.393. The van der Waals surface area contributed by atoms with Crippen molar-refractivity contribution in [2.75, 3.05) is 10.6 Å².